The van der Waals surface area contributed by atoms with Crippen molar-refractivity contribution in [3.05, 3.63) is 29.8 Å². The zero-order valence-electron chi connectivity index (χ0n) is 8.47. The van der Waals surface area contributed by atoms with Gasteiger partial charge in [0.1, 0.15) is 0 Å². The van der Waals surface area contributed by atoms with Crippen molar-refractivity contribution in [2.75, 3.05) is 0 Å². The van der Waals surface area contributed by atoms with E-state index in [4.69, 9.17) is 4.55 Å². The number of benzene rings is 1. The van der Waals surface area contributed by atoms with E-state index in [-0.39, 0.29) is 16.6 Å². The molecule has 1 aromatic rings. The van der Waals surface area contributed by atoms with Gasteiger partial charge in [-0.1, -0.05) is 26.0 Å². The molecule has 0 saturated heterocycles. The molecule has 1 rings (SSSR count). The molecule has 0 spiro atoms. The Morgan fingerprint density at radius 3 is 2.00 bits per heavy atom. The topological polar surface area (TPSA) is 71.4 Å². The Hall–Kier alpha value is -1.20. The molecule has 0 saturated carbocycles. The van der Waals surface area contributed by atoms with Gasteiger partial charge in [-0.3, -0.25) is 9.35 Å². The highest BCUT2D eigenvalue weighted by molar-refractivity contribution is 7.85. The lowest BCUT2D eigenvalue weighted by molar-refractivity contribution is 0.0939. The molecule has 0 fully saturated rings. The van der Waals surface area contributed by atoms with Crippen LogP contribution in [-0.2, 0) is 10.1 Å². The van der Waals surface area contributed by atoms with Crippen LogP contribution in [0.4, 0.5) is 0 Å². The summed E-state index contributed by atoms with van der Waals surface area (Å²) < 4.78 is 30.2. The average Bonchev–Trinajstić information content (AvgIpc) is 2.15. The maximum atomic E-state index is 11.5. The second-order valence-corrected chi connectivity index (χ2v) is 4.94. The first-order valence-corrected chi connectivity index (χ1v) is 5.88. The largest absolute Gasteiger partial charge is 0.294 e. The van der Waals surface area contributed by atoms with Gasteiger partial charge >= 0.3 is 0 Å². The summed E-state index contributed by atoms with van der Waals surface area (Å²) in [7, 11) is -4.18. The van der Waals surface area contributed by atoms with Gasteiger partial charge in [0.15, 0.2) is 5.78 Å². The minimum atomic E-state index is -4.18. The van der Waals surface area contributed by atoms with E-state index in [2.05, 4.69) is 0 Å². The molecule has 15 heavy (non-hydrogen) atoms. The van der Waals surface area contributed by atoms with Crippen molar-refractivity contribution in [3.63, 3.8) is 0 Å². The summed E-state index contributed by atoms with van der Waals surface area (Å²) >= 11 is 0. The lowest BCUT2D eigenvalue weighted by Crippen LogP contribution is -2.07. The van der Waals surface area contributed by atoms with Crippen molar-refractivity contribution >= 4 is 15.9 Å². The zero-order chi connectivity index (χ0) is 11.6. The predicted molar refractivity (Wildman–Crippen MR) is 55.4 cm³/mol. The highest BCUT2D eigenvalue weighted by Crippen LogP contribution is 2.13. The zero-order valence-corrected chi connectivity index (χ0v) is 9.28. The van der Waals surface area contributed by atoms with E-state index in [0.29, 0.717) is 5.56 Å². The molecule has 0 aromatic heterocycles. The monoisotopic (exact) mass is 228 g/mol. The minimum Gasteiger partial charge on any atom is -0.294 e. The number of hydrogen-bond acceptors (Lipinski definition) is 3. The van der Waals surface area contributed by atoms with Crippen LogP contribution in [0.5, 0.6) is 0 Å². The standard InChI is InChI=1S/C10H12O4S/c1-7(2)10(11)8-3-5-9(6-4-8)15(12,13)14/h3-7H,1-2H3,(H,12,13,14). The molecule has 0 aliphatic carbocycles. The Balaban J connectivity index is 3.06. The van der Waals surface area contributed by atoms with Gasteiger partial charge in [0.2, 0.25) is 0 Å². The molecule has 0 aliphatic heterocycles. The van der Waals surface area contributed by atoms with Gasteiger partial charge in [-0.15, -0.1) is 0 Å². The van der Waals surface area contributed by atoms with Crippen LogP contribution in [0, 0.1) is 5.92 Å². The van der Waals surface area contributed by atoms with E-state index in [1.54, 1.807) is 13.8 Å². The maximum absolute atomic E-state index is 11.5. The van der Waals surface area contributed by atoms with E-state index < -0.39 is 10.1 Å². The fraction of sp³-hybridized carbons (Fsp3) is 0.300. The summed E-state index contributed by atoms with van der Waals surface area (Å²) in [6.45, 7) is 3.53. The molecule has 5 heteroatoms. The second kappa shape index (κ2) is 4.12. The van der Waals surface area contributed by atoms with Gasteiger partial charge < -0.3 is 0 Å². The predicted octanol–water partition coefficient (Wildman–Crippen LogP) is 1.77. The number of carbonyl (C=O) groups is 1. The van der Waals surface area contributed by atoms with Crippen molar-refractivity contribution < 1.29 is 17.8 Å². The van der Waals surface area contributed by atoms with Gasteiger partial charge in [-0.25, -0.2) is 0 Å². The summed E-state index contributed by atoms with van der Waals surface area (Å²) in [5.74, 6) is -0.196. The first kappa shape index (κ1) is 11.9. The molecule has 0 amide bonds. The van der Waals surface area contributed by atoms with Gasteiger partial charge in [0.25, 0.3) is 10.1 Å². The smallest absolute Gasteiger partial charge is 0.294 e. The number of ketones is 1. The third-order valence-electron chi connectivity index (χ3n) is 1.96. The summed E-state index contributed by atoms with van der Waals surface area (Å²) in [4.78, 5) is 11.3. The Morgan fingerprint density at radius 1 is 1.20 bits per heavy atom. The summed E-state index contributed by atoms with van der Waals surface area (Å²) in [6, 6.07) is 5.22. The van der Waals surface area contributed by atoms with Crippen LogP contribution in [0.1, 0.15) is 24.2 Å². The van der Waals surface area contributed by atoms with E-state index in [1.807, 2.05) is 0 Å². The van der Waals surface area contributed by atoms with Crippen LogP contribution in [-0.4, -0.2) is 18.8 Å². The average molecular weight is 228 g/mol. The van der Waals surface area contributed by atoms with Crippen LogP contribution in [0.15, 0.2) is 29.2 Å². The van der Waals surface area contributed by atoms with Crippen LogP contribution in [0.25, 0.3) is 0 Å². The highest BCUT2D eigenvalue weighted by atomic mass is 32.2. The fourth-order valence-electron chi connectivity index (χ4n) is 1.12. The lowest BCUT2D eigenvalue weighted by Gasteiger charge is -2.04. The highest BCUT2D eigenvalue weighted by Gasteiger charge is 2.13. The fourth-order valence-corrected chi connectivity index (χ4v) is 1.60. The molecule has 0 unspecified atom stereocenters. The van der Waals surface area contributed by atoms with Crippen LogP contribution in [0.3, 0.4) is 0 Å². The first-order valence-electron chi connectivity index (χ1n) is 4.44. The molecule has 0 aliphatic rings. The van der Waals surface area contributed by atoms with Gasteiger partial charge in [0, 0.05) is 11.5 Å². The van der Waals surface area contributed by atoms with Crippen molar-refractivity contribution in [1.29, 1.82) is 0 Å². The normalized spacial score (nSPS) is 11.7. The van der Waals surface area contributed by atoms with Gasteiger partial charge in [-0.05, 0) is 12.1 Å². The van der Waals surface area contributed by atoms with Crippen molar-refractivity contribution in [2.45, 2.75) is 18.7 Å². The van der Waals surface area contributed by atoms with Crippen molar-refractivity contribution in [1.82, 2.24) is 0 Å². The minimum absolute atomic E-state index is 0.0584. The molecule has 1 N–H and O–H groups in total. The van der Waals surface area contributed by atoms with Crippen LogP contribution in [0.2, 0.25) is 0 Å². The molecule has 0 bridgehead atoms. The second-order valence-electron chi connectivity index (χ2n) is 3.52. The molecule has 82 valence electrons. The Labute approximate surface area is 88.7 Å². The third kappa shape index (κ3) is 2.87. The summed E-state index contributed by atoms with van der Waals surface area (Å²) in [5.41, 5.74) is 0.442. The Morgan fingerprint density at radius 2 is 1.67 bits per heavy atom. The number of rotatable bonds is 3. The van der Waals surface area contributed by atoms with Crippen molar-refractivity contribution in [2.24, 2.45) is 5.92 Å². The molecular weight excluding hydrogens is 216 g/mol. The quantitative estimate of drug-likeness (QED) is 0.632. The molecule has 0 heterocycles. The first-order chi connectivity index (χ1) is 6.82. The molecule has 0 atom stereocenters. The Kier molecular flexibility index (Phi) is 3.26. The van der Waals surface area contributed by atoms with E-state index in [9.17, 15) is 13.2 Å². The molecular formula is C10H12O4S. The number of Topliss-reactive ketones (excluding diaryl/α,β-unsaturated/α-hetero) is 1. The summed E-state index contributed by atoms with van der Waals surface area (Å²) in [5, 5.41) is 0. The molecule has 1 aromatic carbocycles. The number of hydrogen-bond donors (Lipinski definition) is 1. The van der Waals surface area contributed by atoms with E-state index >= 15 is 0 Å². The Bertz CT molecular complexity index is 457. The van der Waals surface area contributed by atoms with Gasteiger partial charge in [-0.2, -0.15) is 8.42 Å². The van der Waals surface area contributed by atoms with Gasteiger partial charge in [0.05, 0.1) is 4.90 Å². The van der Waals surface area contributed by atoms with Crippen LogP contribution >= 0.6 is 0 Å². The lowest BCUT2D eigenvalue weighted by atomic mass is 10.0. The summed E-state index contributed by atoms with van der Waals surface area (Å²) in [6.07, 6.45) is 0. The van der Waals surface area contributed by atoms with Crippen LogP contribution < -0.4 is 0 Å². The van der Waals surface area contributed by atoms with E-state index in [1.165, 1.54) is 24.3 Å². The van der Waals surface area contributed by atoms with E-state index in [0.717, 1.165) is 0 Å². The number of carbonyl (C=O) groups excluding carboxylic acids is 1. The maximum Gasteiger partial charge on any atom is 0.294 e. The third-order valence-corrected chi connectivity index (χ3v) is 2.83. The van der Waals surface area contributed by atoms with Crippen molar-refractivity contribution in [3.8, 4) is 0 Å². The SMILES string of the molecule is CC(C)C(=O)c1ccc(S(=O)(=O)O)cc1. The molecule has 4 nitrogen and oxygen atoms in total. The molecule has 0 radical (unpaired) electrons.